The quantitative estimate of drug-likeness (QED) is 0.685. The van der Waals surface area contributed by atoms with E-state index in [0.29, 0.717) is 12.8 Å². The van der Waals surface area contributed by atoms with Crippen LogP contribution in [0.25, 0.3) is 0 Å². The Balaban J connectivity index is 1.71. The van der Waals surface area contributed by atoms with E-state index in [9.17, 15) is 31.1 Å². The molecule has 0 aliphatic heterocycles. The van der Waals surface area contributed by atoms with Crippen LogP contribution >= 0.6 is 11.6 Å². The average Bonchev–Trinajstić information content (AvgIpc) is 3.31. The molecule has 1 aliphatic rings. The largest absolute Gasteiger partial charge is 0.573 e. The molecule has 0 saturated heterocycles. The minimum absolute atomic E-state index is 0.141. The fourth-order valence-corrected chi connectivity index (χ4v) is 2.97. The van der Waals surface area contributed by atoms with E-state index in [1.807, 2.05) is 0 Å². The number of aromatic nitrogens is 2. The molecule has 3 rings (SSSR count). The summed E-state index contributed by atoms with van der Waals surface area (Å²) >= 11 is 5.82. The normalized spacial score (nSPS) is 14.8. The van der Waals surface area contributed by atoms with Gasteiger partial charge in [0.25, 0.3) is 0 Å². The Morgan fingerprint density at radius 1 is 1.18 bits per heavy atom. The zero-order valence-electron chi connectivity index (χ0n) is 13.9. The molecule has 152 valence electrons. The van der Waals surface area contributed by atoms with Gasteiger partial charge in [-0.3, -0.25) is 9.48 Å². The standard InChI is InChI=1S/C16H12ClF6N3O2/c17-12-13(8-1-2-8)26(25-14(12)15(18,19)20)7-11(27)24-9-3-5-10(6-4-9)28-16(21,22)23/h3-6,8H,1-2,7H2,(H,24,27). The lowest BCUT2D eigenvalue weighted by Gasteiger charge is -2.11. The van der Waals surface area contributed by atoms with Gasteiger partial charge in [0.2, 0.25) is 5.91 Å². The summed E-state index contributed by atoms with van der Waals surface area (Å²) in [6.45, 7) is -0.525. The molecule has 1 aromatic carbocycles. The van der Waals surface area contributed by atoms with Crippen molar-refractivity contribution in [2.24, 2.45) is 0 Å². The predicted molar refractivity (Wildman–Crippen MR) is 86.0 cm³/mol. The number of anilines is 1. The monoisotopic (exact) mass is 427 g/mol. The zero-order valence-corrected chi connectivity index (χ0v) is 14.6. The molecular formula is C16H12ClF6N3O2. The van der Waals surface area contributed by atoms with Crippen molar-refractivity contribution in [1.29, 1.82) is 0 Å². The highest BCUT2D eigenvalue weighted by molar-refractivity contribution is 6.32. The van der Waals surface area contributed by atoms with Gasteiger partial charge < -0.3 is 10.1 Å². The Bertz CT molecular complexity index is 872. The van der Waals surface area contributed by atoms with Gasteiger partial charge in [-0.2, -0.15) is 18.3 Å². The third-order valence-electron chi connectivity index (χ3n) is 3.83. The zero-order chi connectivity index (χ0) is 20.7. The summed E-state index contributed by atoms with van der Waals surface area (Å²) in [5.74, 6) is -1.38. The lowest BCUT2D eigenvalue weighted by atomic mass is 10.2. The number of carbonyl (C=O) groups excluding carboxylic acids is 1. The number of alkyl halides is 6. The molecule has 0 bridgehead atoms. The molecule has 1 N–H and O–H groups in total. The molecule has 1 amide bonds. The predicted octanol–water partition coefficient (Wildman–Crippen LogP) is 4.97. The summed E-state index contributed by atoms with van der Waals surface area (Å²) in [5, 5.41) is 5.29. The number of halogens is 7. The highest BCUT2D eigenvalue weighted by Gasteiger charge is 2.42. The number of hydrogen-bond donors (Lipinski definition) is 1. The summed E-state index contributed by atoms with van der Waals surface area (Å²) < 4.78 is 80.0. The lowest BCUT2D eigenvalue weighted by Crippen LogP contribution is -2.21. The fraction of sp³-hybridized carbons (Fsp3) is 0.375. The van der Waals surface area contributed by atoms with Crippen molar-refractivity contribution in [1.82, 2.24) is 9.78 Å². The molecule has 0 spiro atoms. The second-order valence-electron chi connectivity index (χ2n) is 6.10. The first-order valence-electron chi connectivity index (χ1n) is 7.93. The van der Waals surface area contributed by atoms with E-state index >= 15 is 0 Å². The third kappa shape index (κ3) is 4.89. The molecule has 1 saturated carbocycles. The summed E-state index contributed by atoms with van der Waals surface area (Å²) in [7, 11) is 0. The van der Waals surface area contributed by atoms with Gasteiger partial charge in [-0.05, 0) is 37.1 Å². The summed E-state index contributed by atoms with van der Waals surface area (Å²) in [4.78, 5) is 12.2. The minimum Gasteiger partial charge on any atom is -0.406 e. The molecule has 0 atom stereocenters. The van der Waals surface area contributed by atoms with Gasteiger partial charge in [0, 0.05) is 11.6 Å². The smallest absolute Gasteiger partial charge is 0.406 e. The maximum atomic E-state index is 13.0. The summed E-state index contributed by atoms with van der Waals surface area (Å²) in [6.07, 6.45) is -8.31. The summed E-state index contributed by atoms with van der Waals surface area (Å²) in [6, 6.07) is 4.31. The van der Waals surface area contributed by atoms with E-state index in [2.05, 4.69) is 15.2 Å². The number of nitrogens with zero attached hydrogens (tertiary/aromatic N) is 2. The van der Waals surface area contributed by atoms with Gasteiger partial charge in [-0.1, -0.05) is 11.6 Å². The Labute approximate surface area is 159 Å². The molecular weight excluding hydrogens is 416 g/mol. The van der Waals surface area contributed by atoms with Crippen LogP contribution in [-0.2, 0) is 17.5 Å². The first-order chi connectivity index (χ1) is 12.9. The van der Waals surface area contributed by atoms with E-state index in [1.54, 1.807) is 0 Å². The van der Waals surface area contributed by atoms with E-state index in [4.69, 9.17) is 11.6 Å². The van der Waals surface area contributed by atoms with Crippen LogP contribution < -0.4 is 10.1 Å². The Morgan fingerprint density at radius 2 is 1.79 bits per heavy atom. The fourth-order valence-electron chi connectivity index (χ4n) is 2.58. The van der Waals surface area contributed by atoms with E-state index in [-0.39, 0.29) is 17.3 Å². The summed E-state index contributed by atoms with van der Waals surface area (Å²) in [5.41, 5.74) is -0.961. The van der Waals surface area contributed by atoms with Crippen molar-refractivity contribution in [3.8, 4) is 5.75 Å². The number of ether oxygens (including phenoxy) is 1. The molecule has 28 heavy (non-hydrogen) atoms. The second kappa shape index (κ2) is 7.19. The van der Waals surface area contributed by atoms with Crippen LogP contribution in [0.4, 0.5) is 32.0 Å². The molecule has 2 aromatic rings. The van der Waals surface area contributed by atoms with Gasteiger partial charge in [-0.15, -0.1) is 13.2 Å². The molecule has 12 heteroatoms. The highest BCUT2D eigenvalue weighted by atomic mass is 35.5. The number of amides is 1. The molecule has 1 aliphatic carbocycles. The molecule has 1 fully saturated rings. The Hall–Kier alpha value is -2.43. The number of hydrogen-bond acceptors (Lipinski definition) is 3. The van der Waals surface area contributed by atoms with Gasteiger partial charge in [0.05, 0.1) is 10.7 Å². The van der Waals surface area contributed by atoms with Gasteiger partial charge >= 0.3 is 12.5 Å². The minimum atomic E-state index is -4.85. The SMILES string of the molecule is O=C(Cn1nc(C(F)(F)F)c(Cl)c1C1CC1)Nc1ccc(OC(F)(F)F)cc1. The first-order valence-corrected chi connectivity index (χ1v) is 8.31. The first kappa shape index (κ1) is 20.3. The molecule has 5 nitrogen and oxygen atoms in total. The van der Waals surface area contributed by atoms with Gasteiger partial charge in [0.1, 0.15) is 12.3 Å². The number of benzene rings is 1. The van der Waals surface area contributed by atoms with Crippen LogP contribution in [0.1, 0.15) is 30.1 Å². The third-order valence-corrected chi connectivity index (χ3v) is 4.20. The molecule has 0 unspecified atom stereocenters. The van der Waals surface area contributed by atoms with E-state index in [1.165, 1.54) is 0 Å². The molecule has 1 heterocycles. The Kier molecular flexibility index (Phi) is 5.22. The van der Waals surface area contributed by atoms with Crippen LogP contribution in [0, 0.1) is 0 Å². The van der Waals surface area contributed by atoms with Crippen LogP contribution in [0.3, 0.4) is 0 Å². The number of carbonyl (C=O) groups is 1. The number of rotatable bonds is 5. The van der Waals surface area contributed by atoms with Crippen molar-refractivity contribution in [2.75, 3.05) is 5.32 Å². The van der Waals surface area contributed by atoms with Crippen molar-refractivity contribution < 1.29 is 35.9 Å². The molecule has 0 radical (unpaired) electrons. The van der Waals surface area contributed by atoms with Crippen LogP contribution in [-0.4, -0.2) is 22.1 Å². The van der Waals surface area contributed by atoms with Gasteiger partial charge in [0.15, 0.2) is 5.69 Å². The van der Waals surface area contributed by atoms with Crippen molar-refractivity contribution in [3.05, 3.63) is 40.7 Å². The van der Waals surface area contributed by atoms with Crippen LogP contribution in [0.15, 0.2) is 24.3 Å². The maximum absolute atomic E-state index is 13.0. The highest BCUT2D eigenvalue weighted by Crippen LogP contribution is 2.46. The van der Waals surface area contributed by atoms with Crippen molar-refractivity contribution in [2.45, 2.75) is 37.8 Å². The number of nitrogens with one attached hydrogen (secondary N) is 1. The van der Waals surface area contributed by atoms with Gasteiger partial charge in [-0.25, -0.2) is 0 Å². The molecule has 1 aromatic heterocycles. The van der Waals surface area contributed by atoms with E-state index < -0.39 is 41.5 Å². The lowest BCUT2D eigenvalue weighted by molar-refractivity contribution is -0.274. The topological polar surface area (TPSA) is 56.2 Å². The Morgan fingerprint density at radius 3 is 2.29 bits per heavy atom. The maximum Gasteiger partial charge on any atom is 0.573 e. The second-order valence-corrected chi connectivity index (χ2v) is 6.48. The van der Waals surface area contributed by atoms with Crippen LogP contribution in [0.5, 0.6) is 5.75 Å². The average molecular weight is 428 g/mol. The van der Waals surface area contributed by atoms with Crippen molar-refractivity contribution in [3.63, 3.8) is 0 Å². The van der Waals surface area contributed by atoms with E-state index in [0.717, 1.165) is 28.9 Å². The van der Waals surface area contributed by atoms with Crippen molar-refractivity contribution >= 4 is 23.2 Å². The van der Waals surface area contributed by atoms with Crippen LogP contribution in [0.2, 0.25) is 5.02 Å².